The van der Waals surface area contributed by atoms with Crippen LogP contribution in [0.1, 0.15) is 181 Å². The maximum Gasteiger partial charge on any atom is 0.472 e. The molecule has 0 saturated heterocycles. The van der Waals surface area contributed by atoms with Crippen molar-refractivity contribution in [3.8, 4) is 0 Å². The zero-order chi connectivity index (χ0) is 46.4. The summed E-state index contributed by atoms with van der Waals surface area (Å²) in [5.41, 5.74) is 0. The van der Waals surface area contributed by atoms with E-state index < -0.39 is 75.7 Å². The average molecular weight is 913 g/mol. The van der Waals surface area contributed by atoms with E-state index in [4.69, 9.17) is 18.5 Å². The van der Waals surface area contributed by atoms with Crippen LogP contribution in [0.2, 0.25) is 0 Å². The molecule has 0 bridgehead atoms. The van der Waals surface area contributed by atoms with E-state index in [-0.39, 0.29) is 12.8 Å². The first-order chi connectivity index (χ1) is 30.4. The molecule has 0 aromatic heterocycles. The van der Waals surface area contributed by atoms with E-state index in [9.17, 15) is 44.6 Å². The number of aliphatic hydroxyl groups is 5. The van der Waals surface area contributed by atoms with Gasteiger partial charge in [-0.05, 0) is 51.4 Å². The lowest BCUT2D eigenvalue weighted by Crippen LogP contribution is -2.64. The van der Waals surface area contributed by atoms with Gasteiger partial charge in [0.05, 0.1) is 6.61 Å². The van der Waals surface area contributed by atoms with E-state index in [0.29, 0.717) is 19.3 Å². The second kappa shape index (κ2) is 38.8. The summed E-state index contributed by atoms with van der Waals surface area (Å²) in [6, 6.07) is 0. The number of allylic oxidation sites excluding steroid dienone is 10. The first-order valence-corrected chi connectivity index (χ1v) is 25.6. The van der Waals surface area contributed by atoms with E-state index in [1.807, 2.05) is 18.2 Å². The van der Waals surface area contributed by atoms with Gasteiger partial charge in [-0.3, -0.25) is 18.6 Å². The van der Waals surface area contributed by atoms with Gasteiger partial charge < -0.3 is 39.9 Å². The van der Waals surface area contributed by atoms with Crippen molar-refractivity contribution in [1.82, 2.24) is 0 Å². The Balaban J connectivity index is 2.49. The number of esters is 2. The van der Waals surface area contributed by atoms with Gasteiger partial charge >= 0.3 is 19.8 Å². The number of unbranched alkanes of at least 4 members (excludes halogenated alkanes) is 17. The molecule has 8 atom stereocenters. The van der Waals surface area contributed by atoms with Gasteiger partial charge in [-0.25, -0.2) is 4.57 Å². The van der Waals surface area contributed by atoms with Crippen LogP contribution in [0.15, 0.2) is 60.8 Å². The molecule has 1 aliphatic carbocycles. The third-order valence-electron chi connectivity index (χ3n) is 10.9. The minimum absolute atomic E-state index is 0.0430. The van der Waals surface area contributed by atoms with E-state index in [1.165, 1.54) is 83.5 Å². The summed E-state index contributed by atoms with van der Waals surface area (Å²) < 4.78 is 33.5. The van der Waals surface area contributed by atoms with Gasteiger partial charge in [-0.1, -0.05) is 177 Å². The maximum absolute atomic E-state index is 12.8. The van der Waals surface area contributed by atoms with Crippen molar-refractivity contribution in [3.05, 3.63) is 60.8 Å². The highest BCUT2D eigenvalue weighted by Crippen LogP contribution is 2.47. The number of rotatable bonds is 39. The molecule has 0 spiro atoms. The minimum atomic E-state index is -5.14. The summed E-state index contributed by atoms with van der Waals surface area (Å²) in [5, 5.41) is 50.2. The topological polar surface area (TPSA) is 210 Å². The van der Waals surface area contributed by atoms with E-state index in [0.717, 1.165) is 51.4 Å². The van der Waals surface area contributed by atoms with Crippen molar-refractivity contribution in [2.45, 2.75) is 224 Å². The highest BCUT2D eigenvalue weighted by molar-refractivity contribution is 7.47. The van der Waals surface area contributed by atoms with Gasteiger partial charge in [-0.2, -0.15) is 0 Å². The van der Waals surface area contributed by atoms with E-state index in [2.05, 4.69) is 56.4 Å². The number of phosphoric ester groups is 1. The van der Waals surface area contributed by atoms with Crippen molar-refractivity contribution in [1.29, 1.82) is 0 Å². The fraction of sp³-hybridized carbons (Fsp3) is 0.755. The zero-order valence-electron chi connectivity index (χ0n) is 38.6. The van der Waals surface area contributed by atoms with Crippen LogP contribution < -0.4 is 0 Å². The molecule has 364 valence electrons. The average Bonchev–Trinajstić information content (AvgIpc) is 3.26. The van der Waals surface area contributed by atoms with Crippen molar-refractivity contribution in [2.24, 2.45) is 0 Å². The summed E-state index contributed by atoms with van der Waals surface area (Å²) >= 11 is 0. The molecule has 0 aromatic carbocycles. The molecule has 1 rings (SSSR count). The fourth-order valence-electron chi connectivity index (χ4n) is 6.98. The highest BCUT2D eigenvalue weighted by atomic mass is 31.2. The zero-order valence-corrected chi connectivity index (χ0v) is 39.5. The molecule has 63 heavy (non-hydrogen) atoms. The normalized spacial score (nSPS) is 22.2. The number of phosphoric acid groups is 1. The lowest BCUT2D eigenvalue weighted by atomic mass is 9.85. The Labute approximate surface area is 379 Å². The van der Waals surface area contributed by atoms with Crippen molar-refractivity contribution >= 4 is 19.8 Å². The summed E-state index contributed by atoms with van der Waals surface area (Å²) in [6.07, 6.45) is 34.2. The summed E-state index contributed by atoms with van der Waals surface area (Å²) in [6.45, 7) is 3.21. The number of hydrogen-bond donors (Lipinski definition) is 6. The van der Waals surface area contributed by atoms with Gasteiger partial charge in [0.25, 0.3) is 0 Å². The first-order valence-electron chi connectivity index (χ1n) is 24.1. The smallest absolute Gasteiger partial charge is 0.462 e. The van der Waals surface area contributed by atoms with Crippen LogP contribution in [-0.4, -0.2) is 98.3 Å². The predicted octanol–water partition coefficient (Wildman–Crippen LogP) is 9.73. The molecule has 1 saturated carbocycles. The van der Waals surface area contributed by atoms with Crippen molar-refractivity contribution in [3.63, 3.8) is 0 Å². The highest BCUT2D eigenvalue weighted by Gasteiger charge is 2.51. The second-order valence-corrected chi connectivity index (χ2v) is 18.0. The Morgan fingerprint density at radius 3 is 1.37 bits per heavy atom. The summed E-state index contributed by atoms with van der Waals surface area (Å²) in [5.74, 6) is -1.19. The lowest BCUT2D eigenvalue weighted by Gasteiger charge is -2.41. The number of hydrogen-bond acceptors (Lipinski definition) is 12. The molecule has 14 heteroatoms. The van der Waals surface area contributed by atoms with Gasteiger partial charge in [0, 0.05) is 12.8 Å². The van der Waals surface area contributed by atoms with Gasteiger partial charge in [0.2, 0.25) is 0 Å². The SMILES string of the molecule is CCCCC/C=C\C/C=C\C/C=C\C/C=C\C/C=C\CCC(=O)OC[C@H](COP(=O)(O)OC1C(O)C(O)C(O)[C@@H](O)C1O)OC(=O)CCCCCCCCCCCCCCCCC. The molecule has 0 aromatic rings. The maximum atomic E-state index is 12.8. The van der Waals surface area contributed by atoms with Crippen LogP contribution in [-0.2, 0) is 32.7 Å². The quantitative estimate of drug-likeness (QED) is 0.0147. The minimum Gasteiger partial charge on any atom is -0.462 e. The molecule has 0 heterocycles. The molecule has 0 aliphatic heterocycles. The van der Waals surface area contributed by atoms with Crippen LogP contribution in [0.3, 0.4) is 0 Å². The van der Waals surface area contributed by atoms with Crippen LogP contribution >= 0.6 is 7.82 Å². The first kappa shape index (κ1) is 58.6. The molecule has 0 amide bonds. The summed E-state index contributed by atoms with van der Waals surface area (Å²) in [7, 11) is -5.14. The predicted molar refractivity (Wildman–Crippen MR) is 249 cm³/mol. The monoisotopic (exact) mass is 913 g/mol. The van der Waals surface area contributed by atoms with E-state index >= 15 is 0 Å². The Morgan fingerprint density at radius 1 is 0.492 bits per heavy atom. The fourth-order valence-corrected chi connectivity index (χ4v) is 7.95. The number of carbonyl (C=O) groups is 2. The van der Waals surface area contributed by atoms with Crippen LogP contribution in [0, 0.1) is 0 Å². The second-order valence-electron chi connectivity index (χ2n) is 16.6. The molecule has 6 unspecified atom stereocenters. The lowest BCUT2D eigenvalue weighted by molar-refractivity contribution is -0.220. The van der Waals surface area contributed by atoms with Crippen molar-refractivity contribution < 1.29 is 63.1 Å². The standard InChI is InChI=1S/C49H85O13P/c1-3-5-7-9-11-13-15-17-19-20-21-22-24-25-27-29-31-33-35-37-42(50)59-39-41(40-60-63(57,58)62-49-47(55)45(53)44(52)46(54)48(49)56)61-43(51)38-36-34-32-30-28-26-23-18-16-14-12-10-8-6-4-2/h11,13,17,19,21-22,25,27,31,33,41,44-49,52-56H,3-10,12,14-16,18,20,23-24,26,28-30,32,34-40H2,1-2H3,(H,57,58)/b13-11-,19-17-,22-21-,27-25-,33-31-/t41-,44?,45-,46?,47?,48?,49?/m1/s1. The van der Waals surface area contributed by atoms with Crippen LogP contribution in [0.5, 0.6) is 0 Å². The van der Waals surface area contributed by atoms with Gasteiger partial charge in [-0.15, -0.1) is 0 Å². The summed E-state index contributed by atoms with van der Waals surface area (Å²) in [4.78, 5) is 35.7. The molecule has 0 radical (unpaired) electrons. The Kier molecular flexibility index (Phi) is 36.1. The Morgan fingerprint density at radius 2 is 0.889 bits per heavy atom. The molecular formula is C49H85O13P. The Hall–Kier alpha value is -2.45. The number of ether oxygens (including phenoxy) is 2. The molecule has 13 nitrogen and oxygen atoms in total. The van der Waals surface area contributed by atoms with Crippen LogP contribution in [0.25, 0.3) is 0 Å². The molecule has 6 N–H and O–H groups in total. The van der Waals surface area contributed by atoms with Crippen LogP contribution in [0.4, 0.5) is 0 Å². The molecule has 1 fully saturated rings. The van der Waals surface area contributed by atoms with Crippen molar-refractivity contribution in [2.75, 3.05) is 13.2 Å². The molecular weight excluding hydrogens is 827 g/mol. The number of aliphatic hydroxyl groups excluding tert-OH is 5. The Bertz CT molecular complexity index is 1330. The molecule has 1 aliphatic rings. The number of carbonyl (C=O) groups excluding carboxylic acids is 2. The van der Waals surface area contributed by atoms with Gasteiger partial charge in [0.1, 0.15) is 43.2 Å². The largest absolute Gasteiger partial charge is 0.472 e. The van der Waals surface area contributed by atoms with Gasteiger partial charge in [0.15, 0.2) is 6.10 Å². The third kappa shape index (κ3) is 31.2. The third-order valence-corrected chi connectivity index (χ3v) is 11.9. The van der Waals surface area contributed by atoms with E-state index in [1.54, 1.807) is 0 Å².